The zero-order valence-corrected chi connectivity index (χ0v) is 12.4. The van der Waals surface area contributed by atoms with Gasteiger partial charge in [0, 0.05) is 19.5 Å². The zero-order chi connectivity index (χ0) is 14.7. The summed E-state index contributed by atoms with van der Waals surface area (Å²) in [7, 11) is 1.70. The molecule has 0 aromatic carbocycles. The number of hydrogen-bond donors (Lipinski definition) is 2. The van der Waals surface area contributed by atoms with Crippen molar-refractivity contribution in [3.8, 4) is 0 Å². The average Bonchev–Trinajstić information content (AvgIpc) is 2.84. The number of aromatic amines is 1. The van der Waals surface area contributed by atoms with Crippen molar-refractivity contribution in [1.29, 1.82) is 0 Å². The molecule has 6 nitrogen and oxygen atoms in total. The van der Waals surface area contributed by atoms with Crippen molar-refractivity contribution in [2.45, 2.75) is 32.4 Å². The molecule has 3 N–H and O–H groups in total. The molecule has 1 atom stereocenters. The molecule has 108 valence electrons. The summed E-state index contributed by atoms with van der Waals surface area (Å²) in [6.07, 6.45) is 1.05. The third-order valence-corrected chi connectivity index (χ3v) is 3.89. The number of nitrogens with zero attached hydrogens (tertiary/aromatic N) is 2. The number of rotatable bonds is 5. The van der Waals surface area contributed by atoms with Gasteiger partial charge in [-0.1, -0.05) is 0 Å². The van der Waals surface area contributed by atoms with E-state index >= 15 is 0 Å². The molecule has 0 aliphatic rings. The van der Waals surface area contributed by atoms with Gasteiger partial charge in [0.2, 0.25) is 5.91 Å². The Balaban J connectivity index is 2.07. The standard InChI is InChI=1S/C13H18N4O2S/c1-8(14)3-4-11(18)17(2)7-10-15-9-5-6-20-12(9)13(19)16-10/h5-6,8H,3-4,7,14H2,1-2H3,(H,15,16,19). The number of aromatic nitrogens is 2. The molecule has 2 aromatic heterocycles. The predicted molar refractivity (Wildman–Crippen MR) is 79.6 cm³/mol. The first-order valence-electron chi connectivity index (χ1n) is 6.43. The smallest absolute Gasteiger partial charge is 0.268 e. The van der Waals surface area contributed by atoms with Gasteiger partial charge in [-0.2, -0.15) is 0 Å². The van der Waals surface area contributed by atoms with Crippen LogP contribution >= 0.6 is 11.3 Å². The van der Waals surface area contributed by atoms with Gasteiger partial charge in [0.25, 0.3) is 5.56 Å². The van der Waals surface area contributed by atoms with E-state index in [4.69, 9.17) is 5.73 Å². The molecule has 0 bridgehead atoms. The fourth-order valence-electron chi connectivity index (χ4n) is 1.85. The second-order valence-corrected chi connectivity index (χ2v) is 5.83. The summed E-state index contributed by atoms with van der Waals surface area (Å²) < 4.78 is 0.611. The lowest BCUT2D eigenvalue weighted by atomic mass is 10.2. The minimum absolute atomic E-state index is 0.00429. The topological polar surface area (TPSA) is 92.1 Å². The molecule has 7 heteroatoms. The fourth-order valence-corrected chi connectivity index (χ4v) is 2.58. The van der Waals surface area contributed by atoms with E-state index in [0.29, 0.717) is 35.4 Å². The number of thiophene rings is 1. The number of amides is 1. The molecule has 0 radical (unpaired) electrons. The molecule has 2 aromatic rings. The first-order chi connectivity index (χ1) is 9.47. The first kappa shape index (κ1) is 14.7. The normalized spacial score (nSPS) is 12.6. The van der Waals surface area contributed by atoms with Gasteiger partial charge >= 0.3 is 0 Å². The van der Waals surface area contributed by atoms with Crippen LogP contribution in [-0.4, -0.2) is 33.9 Å². The van der Waals surface area contributed by atoms with Crippen LogP contribution in [-0.2, 0) is 11.3 Å². The molecule has 0 saturated carbocycles. The van der Waals surface area contributed by atoms with Gasteiger partial charge in [-0.15, -0.1) is 11.3 Å². The van der Waals surface area contributed by atoms with E-state index in [1.807, 2.05) is 12.3 Å². The van der Waals surface area contributed by atoms with Crippen LogP contribution in [0.5, 0.6) is 0 Å². The van der Waals surface area contributed by atoms with Crippen LogP contribution in [0.25, 0.3) is 10.2 Å². The summed E-state index contributed by atoms with van der Waals surface area (Å²) in [6, 6.07) is 1.81. The average molecular weight is 294 g/mol. The SMILES string of the molecule is CC(N)CCC(=O)N(C)Cc1nc2ccsc2c(=O)[nH]1. The molecule has 0 fully saturated rings. The van der Waals surface area contributed by atoms with Crippen molar-refractivity contribution >= 4 is 27.5 Å². The highest BCUT2D eigenvalue weighted by Crippen LogP contribution is 2.14. The first-order valence-corrected chi connectivity index (χ1v) is 7.31. The quantitative estimate of drug-likeness (QED) is 0.862. The van der Waals surface area contributed by atoms with Crippen LogP contribution < -0.4 is 11.3 Å². The third-order valence-electron chi connectivity index (χ3n) is 2.99. The Kier molecular flexibility index (Phi) is 4.51. The minimum Gasteiger partial charge on any atom is -0.338 e. The van der Waals surface area contributed by atoms with E-state index in [9.17, 15) is 9.59 Å². The lowest BCUT2D eigenvalue weighted by Crippen LogP contribution is -2.29. The van der Waals surface area contributed by atoms with Crippen LogP contribution in [0.1, 0.15) is 25.6 Å². The summed E-state index contributed by atoms with van der Waals surface area (Å²) in [6.45, 7) is 2.16. The van der Waals surface area contributed by atoms with Crippen LogP contribution in [0.15, 0.2) is 16.2 Å². The lowest BCUT2D eigenvalue weighted by Gasteiger charge is -2.17. The van der Waals surface area contributed by atoms with Crippen molar-refractivity contribution in [2.24, 2.45) is 5.73 Å². The molecule has 2 rings (SSSR count). The molecule has 20 heavy (non-hydrogen) atoms. The number of carbonyl (C=O) groups is 1. The van der Waals surface area contributed by atoms with E-state index in [0.717, 1.165) is 0 Å². The molecule has 0 aliphatic carbocycles. The number of nitrogens with one attached hydrogen (secondary N) is 1. The Morgan fingerprint density at radius 3 is 3.05 bits per heavy atom. The third kappa shape index (κ3) is 3.43. The van der Waals surface area contributed by atoms with E-state index in [-0.39, 0.29) is 17.5 Å². The van der Waals surface area contributed by atoms with Gasteiger partial charge in [-0.25, -0.2) is 4.98 Å². The largest absolute Gasteiger partial charge is 0.338 e. The Morgan fingerprint density at radius 2 is 2.35 bits per heavy atom. The summed E-state index contributed by atoms with van der Waals surface area (Å²) in [5.41, 5.74) is 6.15. The van der Waals surface area contributed by atoms with Crippen molar-refractivity contribution in [1.82, 2.24) is 14.9 Å². The maximum Gasteiger partial charge on any atom is 0.268 e. The highest BCUT2D eigenvalue weighted by Gasteiger charge is 2.12. The van der Waals surface area contributed by atoms with E-state index in [1.54, 1.807) is 18.0 Å². The second-order valence-electron chi connectivity index (χ2n) is 4.91. The van der Waals surface area contributed by atoms with E-state index < -0.39 is 0 Å². The summed E-state index contributed by atoms with van der Waals surface area (Å²) in [5, 5.41) is 1.83. The molecule has 1 amide bonds. The maximum atomic E-state index is 11.9. The second kappa shape index (κ2) is 6.15. The molecule has 0 spiro atoms. The molecule has 0 aliphatic heterocycles. The Labute approximate surface area is 120 Å². The van der Waals surface area contributed by atoms with Crippen molar-refractivity contribution in [2.75, 3.05) is 7.05 Å². The highest BCUT2D eigenvalue weighted by molar-refractivity contribution is 7.17. The fraction of sp³-hybridized carbons (Fsp3) is 0.462. The van der Waals surface area contributed by atoms with E-state index in [1.165, 1.54) is 11.3 Å². The minimum atomic E-state index is -0.156. The van der Waals surface area contributed by atoms with Gasteiger partial charge in [-0.3, -0.25) is 9.59 Å². The van der Waals surface area contributed by atoms with Gasteiger partial charge < -0.3 is 15.6 Å². The Hall–Kier alpha value is -1.73. The van der Waals surface area contributed by atoms with Crippen LogP contribution in [0, 0.1) is 0 Å². The molecule has 2 heterocycles. The van der Waals surface area contributed by atoms with Crippen molar-refractivity contribution in [3.63, 3.8) is 0 Å². The number of nitrogens with two attached hydrogens (primary N) is 1. The maximum absolute atomic E-state index is 11.9. The molecule has 1 unspecified atom stereocenters. The number of carbonyl (C=O) groups excluding carboxylic acids is 1. The van der Waals surface area contributed by atoms with Crippen molar-refractivity contribution in [3.05, 3.63) is 27.6 Å². The van der Waals surface area contributed by atoms with Gasteiger partial charge in [0.15, 0.2) is 0 Å². The molecular formula is C13H18N4O2S. The van der Waals surface area contributed by atoms with Crippen LogP contribution in [0.3, 0.4) is 0 Å². The predicted octanol–water partition coefficient (Wildman–Crippen LogP) is 1.07. The number of hydrogen-bond acceptors (Lipinski definition) is 5. The Bertz CT molecular complexity index is 662. The summed E-state index contributed by atoms with van der Waals surface area (Å²) in [5.74, 6) is 0.493. The molecular weight excluding hydrogens is 276 g/mol. The van der Waals surface area contributed by atoms with Crippen LogP contribution in [0.4, 0.5) is 0 Å². The lowest BCUT2D eigenvalue weighted by molar-refractivity contribution is -0.130. The zero-order valence-electron chi connectivity index (χ0n) is 11.5. The number of fused-ring (bicyclic) bond motifs is 1. The van der Waals surface area contributed by atoms with Gasteiger partial charge in [0.1, 0.15) is 10.5 Å². The Morgan fingerprint density at radius 1 is 1.60 bits per heavy atom. The van der Waals surface area contributed by atoms with Gasteiger partial charge in [0.05, 0.1) is 12.1 Å². The van der Waals surface area contributed by atoms with Crippen molar-refractivity contribution < 1.29 is 4.79 Å². The van der Waals surface area contributed by atoms with E-state index in [2.05, 4.69) is 9.97 Å². The summed E-state index contributed by atoms with van der Waals surface area (Å²) in [4.78, 5) is 32.3. The summed E-state index contributed by atoms with van der Waals surface area (Å²) >= 11 is 1.36. The highest BCUT2D eigenvalue weighted by atomic mass is 32.1. The van der Waals surface area contributed by atoms with Crippen LogP contribution in [0.2, 0.25) is 0 Å². The molecule has 0 saturated heterocycles. The van der Waals surface area contributed by atoms with Gasteiger partial charge in [-0.05, 0) is 24.8 Å². The number of H-pyrrole nitrogens is 1. The monoisotopic (exact) mass is 294 g/mol.